The molecule has 0 radical (unpaired) electrons. The second-order valence-corrected chi connectivity index (χ2v) is 15.8. The number of carbonyl (C=O) groups excluding carboxylic acids is 2. The zero-order chi connectivity index (χ0) is 25.8. The van der Waals surface area contributed by atoms with Crippen LogP contribution in [0, 0.1) is 56.2 Å². The van der Waals surface area contributed by atoms with Crippen molar-refractivity contribution in [1.29, 1.82) is 0 Å². The van der Waals surface area contributed by atoms with Crippen LogP contribution < -0.4 is 0 Å². The van der Waals surface area contributed by atoms with Gasteiger partial charge in [0.15, 0.2) is 0 Å². The molecule has 1 unspecified atom stereocenters. The van der Waals surface area contributed by atoms with E-state index in [4.69, 9.17) is 0 Å². The van der Waals surface area contributed by atoms with Crippen molar-refractivity contribution in [3.05, 3.63) is 0 Å². The second-order valence-electron chi connectivity index (χ2n) is 15.8. The molecular weight excluding hydrogens is 432 g/mol. The summed E-state index contributed by atoms with van der Waals surface area (Å²) in [5, 5.41) is 10.9. The lowest BCUT2D eigenvalue weighted by molar-refractivity contribution is -0.242. The molecule has 5 fully saturated rings. The molecule has 0 spiro atoms. The van der Waals surface area contributed by atoms with E-state index in [9.17, 15) is 14.7 Å². The van der Waals surface area contributed by atoms with Crippen molar-refractivity contribution in [3.63, 3.8) is 0 Å². The van der Waals surface area contributed by atoms with Gasteiger partial charge in [-0.2, -0.15) is 0 Å². The Morgan fingerprint density at radius 2 is 1.51 bits per heavy atom. The maximum atomic E-state index is 14.4. The largest absolute Gasteiger partial charge is 0.393 e. The van der Waals surface area contributed by atoms with Crippen LogP contribution >= 0.6 is 0 Å². The van der Waals surface area contributed by atoms with Crippen LogP contribution in [0.5, 0.6) is 0 Å². The van der Waals surface area contributed by atoms with Gasteiger partial charge in [0.2, 0.25) is 0 Å². The Morgan fingerprint density at radius 3 is 2.17 bits per heavy atom. The summed E-state index contributed by atoms with van der Waals surface area (Å²) in [6, 6.07) is 0. The third-order valence-corrected chi connectivity index (χ3v) is 14.1. The number of aliphatic hydroxyl groups is 1. The molecule has 5 aliphatic carbocycles. The Bertz CT molecular complexity index is 922. The van der Waals surface area contributed by atoms with E-state index >= 15 is 0 Å². The zero-order valence-corrected chi connectivity index (χ0v) is 23.9. The number of carbonyl (C=O) groups is 2. The monoisotopic (exact) mass is 484 g/mol. The molecule has 3 heteroatoms. The van der Waals surface area contributed by atoms with Gasteiger partial charge in [-0.3, -0.25) is 9.59 Å². The van der Waals surface area contributed by atoms with Crippen LogP contribution in [0.3, 0.4) is 0 Å². The number of Topliss-reactive ketones (excluding diaryl/α,β-unsaturated/α-hetero) is 2. The average molecular weight is 485 g/mol. The quantitative estimate of drug-likeness (QED) is 0.444. The molecule has 3 nitrogen and oxygen atoms in total. The SMILES string of the molecule is CCC(=O)[C@@]1(C)CC[C@]2(C)CC[C@]3(C)C(CC(=O)[C@@H]4[C@@]5(C)CC[C@H](O)C(C)(C)[C@@H]5CC[C@]43C)[C@H]2C1. The van der Waals surface area contributed by atoms with E-state index in [1.807, 2.05) is 6.92 Å². The fourth-order valence-corrected chi connectivity index (χ4v) is 11.6. The van der Waals surface area contributed by atoms with Crippen molar-refractivity contribution in [2.45, 2.75) is 132 Å². The third kappa shape index (κ3) is 3.18. The molecule has 5 saturated carbocycles. The summed E-state index contributed by atoms with van der Waals surface area (Å²) < 4.78 is 0. The van der Waals surface area contributed by atoms with E-state index in [2.05, 4.69) is 48.5 Å². The van der Waals surface area contributed by atoms with E-state index in [1.165, 1.54) is 12.8 Å². The van der Waals surface area contributed by atoms with E-state index < -0.39 is 0 Å². The van der Waals surface area contributed by atoms with Gasteiger partial charge in [0, 0.05) is 24.2 Å². The first-order valence-corrected chi connectivity index (χ1v) is 14.8. The lowest BCUT2D eigenvalue weighted by Crippen LogP contribution is -2.69. The molecule has 0 aromatic heterocycles. The Labute approximate surface area is 214 Å². The zero-order valence-electron chi connectivity index (χ0n) is 23.9. The minimum absolute atomic E-state index is 0.000562. The first-order chi connectivity index (χ1) is 16.1. The fourth-order valence-electron chi connectivity index (χ4n) is 11.6. The lowest BCUT2D eigenvalue weighted by Gasteiger charge is -2.72. The molecule has 0 amide bonds. The van der Waals surface area contributed by atoms with E-state index in [0.29, 0.717) is 42.2 Å². The molecule has 0 aromatic carbocycles. The summed E-state index contributed by atoms with van der Waals surface area (Å²) in [5.41, 5.74) is 0.0202. The molecule has 10 atom stereocenters. The number of aliphatic hydroxyl groups excluding tert-OH is 1. The van der Waals surface area contributed by atoms with Crippen molar-refractivity contribution in [2.24, 2.45) is 56.2 Å². The summed E-state index contributed by atoms with van der Waals surface area (Å²) in [7, 11) is 0. The van der Waals surface area contributed by atoms with Crippen LogP contribution in [0.25, 0.3) is 0 Å². The number of hydrogen-bond donors (Lipinski definition) is 1. The van der Waals surface area contributed by atoms with Crippen molar-refractivity contribution < 1.29 is 14.7 Å². The van der Waals surface area contributed by atoms with Gasteiger partial charge in [0.1, 0.15) is 11.6 Å². The maximum Gasteiger partial charge on any atom is 0.138 e. The molecule has 0 bridgehead atoms. The van der Waals surface area contributed by atoms with E-state index in [0.717, 1.165) is 44.9 Å². The van der Waals surface area contributed by atoms with Crippen LogP contribution in [-0.4, -0.2) is 22.8 Å². The molecule has 0 aliphatic heterocycles. The van der Waals surface area contributed by atoms with Gasteiger partial charge in [-0.05, 0) is 103 Å². The third-order valence-electron chi connectivity index (χ3n) is 14.1. The highest BCUT2D eigenvalue weighted by Gasteiger charge is 2.72. The van der Waals surface area contributed by atoms with Crippen LogP contribution in [-0.2, 0) is 9.59 Å². The Hall–Kier alpha value is -0.700. The molecular formula is C32H52O3. The maximum absolute atomic E-state index is 14.4. The van der Waals surface area contributed by atoms with Crippen LogP contribution in [0.15, 0.2) is 0 Å². The van der Waals surface area contributed by atoms with Crippen LogP contribution in [0.1, 0.15) is 126 Å². The van der Waals surface area contributed by atoms with Crippen LogP contribution in [0.4, 0.5) is 0 Å². The van der Waals surface area contributed by atoms with Gasteiger partial charge in [0.05, 0.1) is 6.10 Å². The molecule has 0 heterocycles. The highest BCUT2D eigenvalue weighted by Crippen LogP contribution is 2.76. The predicted molar refractivity (Wildman–Crippen MR) is 141 cm³/mol. The summed E-state index contributed by atoms with van der Waals surface area (Å²) in [6.45, 7) is 18.7. The Kier molecular flexibility index (Phi) is 5.68. The standard InChI is InChI=1S/C32H52O3/c1-9-24(34)29(5)15-14-28(4)16-17-31(7)20(21(28)19-29)18-22(33)26-30(6)12-11-25(35)27(2,3)23(30)10-13-32(26,31)8/h20-21,23,25-26,35H,9-19H2,1-8H3/t20?,21-,23+,25+,26-,28-,29+,30+,31-,32-/m1/s1. The summed E-state index contributed by atoms with van der Waals surface area (Å²) in [5.74, 6) is 2.28. The molecule has 35 heavy (non-hydrogen) atoms. The van der Waals surface area contributed by atoms with Gasteiger partial charge < -0.3 is 5.11 Å². The summed E-state index contributed by atoms with van der Waals surface area (Å²) in [4.78, 5) is 27.4. The number of hydrogen-bond acceptors (Lipinski definition) is 3. The first-order valence-electron chi connectivity index (χ1n) is 14.8. The number of fused-ring (bicyclic) bond motifs is 7. The van der Waals surface area contributed by atoms with Gasteiger partial charge in [0.25, 0.3) is 0 Å². The Morgan fingerprint density at radius 1 is 0.857 bits per heavy atom. The minimum atomic E-state index is -0.265. The van der Waals surface area contributed by atoms with Crippen molar-refractivity contribution in [3.8, 4) is 0 Å². The van der Waals surface area contributed by atoms with Gasteiger partial charge in [-0.1, -0.05) is 55.4 Å². The highest BCUT2D eigenvalue weighted by molar-refractivity contribution is 5.85. The normalized spacial score (nSPS) is 55.2. The molecule has 1 N–H and O–H groups in total. The van der Waals surface area contributed by atoms with Gasteiger partial charge in [-0.15, -0.1) is 0 Å². The van der Waals surface area contributed by atoms with Crippen molar-refractivity contribution in [1.82, 2.24) is 0 Å². The fraction of sp³-hybridized carbons (Fsp3) is 0.938. The average Bonchev–Trinajstić information content (AvgIpc) is 2.78. The summed E-state index contributed by atoms with van der Waals surface area (Å²) >= 11 is 0. The molecule has 198 valence electrons. The molecule has 5 rings (SSSR count). The van der Waals surface area contributed by atoms with E-state index in [-0.39, 0.29) is 44.5 Å². The van der Waals surface area contributed by atoms with Crippen molar-refractivity contribution in [2.75, 3.05) is 0 Å². The molecule has 0 aromatic rings. The minimum Gasteiger partial charge on any atom is -0.393 e. The second kappa shape index (κ2) is 7.67. The lowest BCUT2D eigenvalue weighted by atomic mass is 9.31. The first kappa shape index (κ1) is 25.9. The van der Waals surface area contributed by atoms with E-state index in [1.54, 1.807) is 0 Å². The van der Waals surface area contributed by atoms with Gasteiger partial charge >= 0.3 is 0 Å². The summed E-state index contributed by atoms with van der Waals surface area (Å²) in [6.07, 6.45) is 10.7. The number of ketones is 2. The number of rotatable bonds is 2. The topological polar surface area (TPSA) is 54.4 Å². The van der Waals surface area contributed by atoms with Crippen molar-refractivity contribution >= 4 is 11.6 Å². The van der Waals surface area contributed by atoms with Gasteiger partial charge in [-0.25, -0.2) is 0 Å². The smallest absolute Gasteiger partial charge is 0.138 e. The molecule has 0 saturated heterocycles. The molecule has 5 aliphatic rings. The van der Waals surface area contributed by atoms with Crippen LogP contribution in [0.2, 0.25) is 0 Å². The Balaban J connectivity index is 1.55. The highest BCUT2D eigenvalue weighted by atomic mass is 16.3. The predicted octanol–water partition coefficient (Wildman–Crippen LogP) is 7.39.